The molecule has 0 N–H and O–H groups in total. The molecule has 0 aliphatic carbocycles. The highest BCUT2D eigenvalue weighted by Crippen LogP contribution is 3.06. The van der Waals surface area contributed by atoms with Gasteiger partial charge >= 0.3 is 5.51 Å². The van der Waals surface area contributed by atoms with Crippen LogP contribution in [0.4, 0.5) is 34.4 Å². The van der Waals surface area contributed by atoms with Crippen LogP contribution in [0.3, 0.4) is 0 Å². The number of nitro benzene ring substituents is 1. The van der Waals surface area contributed by atoms with Crippen LogP contribution in [0.5, 0.6) is 0 Å². The van der Waals surface area contributed by atoms with Crippen molar-refractivity contribution in [3.05, 3.63) is 34.4 Å². The van der Waals surface area contributed by atoms with Crippen molar-refractivity contribution in [2.45, 2.75) is 10.4 Å². The van der Waals surface area contributed by atoms with E-state index in [1.54, 1.807) is 0 Å². The van der Waals surface area contributed by atoms with Crippen LogP contribution in [0, 0.1) is 10.1 Å². The highest BCUT2D eigenvalue weighted by Gasteiger charge is 2.84. The summed E-state index contributed by atoms with van der Waals surface area (Å²) >= 11 is 0. The first-order chi connectivity index (χ1) is 7.69. The van der Waals surface area contributed by atoms with E-state index in [1.165, 1.54) is 0 Å². The van der Waals surface area contributed by atoms with Crippen LogP contribution in [0.2, 0.25) is 0 Å². The Balaban J connectivity index is 3.51. The van der Waals surface area contributed by atoms with Crippen molar-refractivity contribution >= 4 is 15.5 Å². The molecule has 104 valence electrons. The zero-order chi connectivity index (χ0) is 14.5. The number of hydrogen-bond donors (Lipinski definition) is 0. The molecule has 1 rings (SSSR count). The summed E-state index contributed by atoms with van der Waals surface area (Å²) in [6.45, 7) is 0. The lowest BCUT2D eigenvalue weighted by Gasteiger charge is -2.50. The van der Waals surface area contributed by atoms with E-state index in [9.17, 15) is 38.8 Å². The fourth-order valence-electron chi connectivity index (χ4n) is 0.975. The van der Waals surface area contributed by atoms with E-state index in [0.717, 1.165) is 0 Å². The maximum absolute atomic E-state index is 12.9. The van der Waals surface area contributed by atoms with Gasteiger partial charge in [0.1, 0.15) is 0 Å². The molecular weight excluding hydrogens is 295 g/mol. The molecule has 0 unspecified atom stereocenters. The second kappa shape index (κ2) is 3.08. The summed E-state index contributed by atoms with van der Waals surface area (Å²) < 4.78 is 87.3. The highest BCUT2D eigenvalue weighted by molar-refractivity contribution is 8.50. The average Bonchev–Trinajstić information content (AvgIpc) is 2.14. The van der Waals surface area contributed by atoms with Crippen molar-refractivity contribution in [2.75, 3.05) is 0 Å². The number of alkyl halides is 3. The Morgan fingerprint density at radius 2 is 1.39 bits per heavy atom. The van der Waals surface area contributed by atoms with Crippen LogP contribution in [-0.2, 0) is 0 Å². The number of rotatable bonds is 2. The van der Waals surface area contributed by atoms with Crippen molar-refractivity contribution in [3.63, 3.8) is 0 Å². The molecule has 0 fully saturated rings. The molecule has 0 aromatic heterocycles. The summed E-state index contributed by atoms with van der Waals surface area (Å²) in [5.41, 5.74) is -7.94. The Hall–Kier alpha value is -1.52. The molecular formula is C7H4F7NO2S. The minimum atomic E-state index is -10.5. The number of nitro groups is 1. The standard InChI is InChI=1S/C7H4F7NO2S/c8-7(9,10)18(11,12,13,14)6-3-1-5(2-4-6)15(16)17/h1-4H. The highest BCUT2D eigenvalue weighted by atomic mass is 32.5. The van der Waals surface area contributed by atoms with E-state index in [0.29, 0.717) is 0 Å². The third-order valence-electron chi connectivity index (χ3n) is 1.99. The van der Waals surface area contributed by atoms with Crippen molar-refractivity contribution in [3.8, 4) is 0 Å². The van der Waals surface area contributed by atoms with Crippen LogP contribution in [0.15, 0.2) is 29.2 Å². The van der Waals surface area contributed by atoms with Crippen LogP contribution < -0.4 is 0 Å². The molecule has 0 atom stereocenters. The largest absolute Gasteiger partial charge is 0.510 e. The second-order valence-electron chi connectivity index (χ2n) is 3.27. The normalized spacial score (nSPS) is 16.8. The van der Waals surface area contributed by atoms with Gasteiger partial charge in [0, 0.05) is 12.1 Å². The lowest BCUT2D eigenvalue weighted by molar-refractivity contribution is -0.384. The van der Waals surface area contributed by atoms with Gasteiger partial charge in [0.15, 0.2) is 0 Å². The Morgan fingerprint density at radius 1 is 1.00 bits per heavy atom. The fraction of sp³-hybridized carbons (Fsp3) is 0.143. The molecule has 1 aromatic rings. The maximum Gasteiger partial charge on any atom is 0.510 e. The molecule has 1 aromatic carbocycles. The quantitative estimate of drug-likeness (QED) is 0.443. The number of hydrogen-bond acceptors (Lipinski definition) is 2. The SMILES string of the molecule is O=[N+]([O-])c1ccc(S(F)(F)(F)(F)C(F)(F)F)cc1. The fourth-order valence-corrected chi connectivity index (χ4v) is 1.93. The van der Waals surface area contributed by atoms with E-state index in [4.69, 9.17) is 0 Å². The van der Waals surface area contributed by atoms with Gasteiger partial charge in [-0.15, -0.1) is 15.5 Å². The molecule has 0 bridgehead atoms. The number of benzene rings is 1. The molecule has 0 saturated heterocycles. The first-order valence-electron chi connectivity index (χ1n) is 4.00. The third kappa shape index (κ3) is 1.87. The average molecular weight is 299 g/mol. The molecule has 0 aliphatic rings. The summed E-state index contributed by atoms with van der Waals surface area (Å²) in [6.07, 6.45) is 0. The van der Waals surface area contributed by atoms with Gasteiger partial charge < -0.3 is 0 Å². The smallest absolute Gasteiger partial charge is 0.258 e. The van der Waals surface area contributed by atoms with Gasteiger partial charge in [0.05, 0.1) is 9.82 Å². The van der Waals surface area contributed by atoms with Crippen molar-refractivity contribution in [1.82, 2.24) is 0 Å². The summed E-state index contributed by atoms with van der Waals surface area (Å²) in [5, 5.41) is 10.1. The zero-order valence-corrected chi connectivity index (χ0v) is 8.94. The number of nitrogens with zero attached hydrogens (tertiary/aromatic N) is 1. The van der Waals surface area contributed by atoms with E-state index in [-0.39, 0.29) is 24.3 Å². The van der Waals surface area contributed by atoms with Crippen molar-refractivity contribution in [2.24, 2.45) is 0 Å². The van der Waals surface area contributed by atoms with Gasteiger partial charge in [-0.05, 0) is 12.1 Å². The predicted molar refractivity (Wildman–Crippen MR) is 49.4 cm³/mol. The molecule has 0 heterocycles. The van der Waals surface area contributed by atoms with Crippen LogP contribution >= 0.6 is 9.84 Å². The summed E-state index contributed by atoms with van der Waals surface area (Å²) in [4.78, 5) is 6.44. The number of halogens is 7. The van der Waals surface area contributed by atoms with Crippen LogP contribution in [0.1, 0.15) is 0 Å². The Morgan fingerprint density at radius 3 is 1.67 bits per heavy atom. The Kier molecular flexibility index (Phi) is 2.49. The molecule has 0 spiro atoms. The molecule has 0 aliphatic heterocycles. The van der Waals surface area contributed by atoms with Gasteiger partial charge in [0.2, 0.25) is 0 Å². The van der Waals surface area contributed by atoms with Gasteiger partial charge in [-0.25, -0.2) is 0 Å². The first-order valence-corrected chi connectivity index (χ1v) is 6.05. The summed E-state index contributed by atoms with van der Waals surface area (Å²) in [7, 11) is -10.5. The summed E-state index contributed by atoms with van der Waals surface area (Å²) in [5.74, 6) is 0. The molecule has 3 nitrogen and oxygen atoms in total. The van der Waals surface area contributed by atoms with E-state index >= 15 is 0 Å². The second-order valence-corrected chi connectivity index (χ2v) is 6.34. The van der Waals surface area contributed by atoms with Gasteiger partial charge in [-0.2, -0.15) is 13.2 Å². The van der Waals surface area contributed by atoms with Crippen LogP contribution in [0.25, 0.3) is 0 Å². The molecule has 18 heavy (non-hydrogen) atoms. The van der Waals surface area contributed by atoms with E-state index in [1.807, 2.05) is 0 Å². The van der Waals surface area contributed by atoms with Gasteiger partial charge in [-0.3, -0.25) is 10.1 Å². The molecule has 0 amide bonds. The number of non-ortho nitro benzene ring substituents is 1. The molecule has 0 radical (unpaired) electrons. The Labute approximate surface area is 94.8 Å². The van der Waals surface area contributed by atoms with Gasteiger partial charge in [-0.1, -0.05) is 0 Å². The lowest BCUT2D eigenvalue weighted by atomic mass is 10.3. The summed E-state index contributed by atoms with van der Waals surface area (Å²) in [6, 6.07) is -0.293. The van der Waals surface area contributed by atoms with Crippen molar-refractivity contribution in [1.29, 1.82) is 0 Å². The monoisotopic (exact) mass is 299 g/mol. The molecule has 11 heteroatoms. The minimum absolute atomic E-state index is 0.152. The van der Waals surface area contributed by atoms with E-state index in [2.05, 4.69) is 0 Å². The predicted octanol–water partition coefficient (Wildman–Crippen LogP) is 4.89. The Bertz CT molecular complexity index is 502. The molecule has 0 saturated carbocycles. The van der Waals surface area contributed by atoms with Crippen LogP contribution in [-0.4, -0.2) is 10.4 Å². The van der Waals surface area contributed by atoms with Gasteiger partial charge in [0.25, 0.3) is 15.5 Å². The lowest BCUT2D eigenvalue weighted by Crippen LogP contribution is -2.32. The van der Waals surface area contributed by atoms with E-state index < -0.39 is 30.9 Å². The minimum Gasteiger partial charge on any atom is -0.258 e. The zero-order valence-electron chi connectivity index (χ0n) is 8.13. The van der Waals surface area contributed by atoms with Crippen molar-refractivity contribution < 1.29 is 33.6 Å². The topological polar surface area (TPSA) is 43.1 Å². The third-order valence-corrected chi connectivity index (χ3v) is 4.14. The maximum atomic E-state index is 12.9. The first kappa shape index (κ1) is 14.5.